The molecule has 3 aromatic rings. The lowest BCUT2D eigenvalue weighted by Crippen LogP contribution is -2.35. The maximum atomic E-state index is 13.4. The van der Waals surface area contributed by atoms with Crippen LogP contribution in [0.25, 0.3) is 0 Å². The highest BCUT2D eigenvalue weighted by Crippen LogP contribution is 2.31. The van der Waals surface area contributed by atoms with Gasteiger partial charge in [0.2, 0.25) is 0 Å². The van der Waals surface area contributed by atoms with Gasteiger partial charge in [-0.3, -0.25) is 14.9 Å². The first-order valence-corrected chi connectivity index (χ1v) is 10.8. The van der Waals surface area contributed by atoms with Crippen LogP contribution in [0.3, 0.4) is 0 Å². The van der Waals surface area contributed by atoms with Gasteiger partial charge >= 0.3 is 6.18 Å². The Morgan fingerprint density at radius 3 is 2.43 bits per heavy atom. The SMILES string of the molecule is O=C(c1cc([N+](=O)[O-])ccc1Oc1ccccc1)N1CCCN(c2ccc(C(F)(F)F)cn2)CC1. The molecule has 11 heteroatoms. The van der Waals surface area contributed by atoms with Crippen molar-refractivity contribution in [3.8, 4) is 11.5 Å². The van der Waals surface area contributed by atoms with Gasteiger partial charge in [0.05, 0.1) is 16.1 Å². The van der Waals surface area contributed by atoms with Crippen LogP contribution in [0.1, 0.15) is 22.3 Å². The molecule has 1 aromatic heterocycles. The molecule has 8 nitrogen and oxygen atoms in total. The molecule has 4 rings (SSSR count). The number of carbonyl (C=O) groups excluding carboxylic acids is 1. The molecule has 2 heterocycles. The Bertz CT molecular complexity index is 1200. The second kappa shape index (κ2) is 10.00. The van der Waals surface area contributed by atoms with Gasteiger partial charge in [-0.15, -0.1) is 0 Å². The number of alkyl halides is 3. The molecule has 0 bridgehead atoms. The Hall–Kier alpha value is -4.15. The summed E-state index contributed by atoms with van der Waals surface area (Å²) in [5, 5.41) is 11.3. The van der Waals surface area contributed by atoms with E-state index < -0.39 is 22.6 Å². The summed E-state index contributed by atoms with van der Waals surface area (Å²) in [7, 11) is 0. The van der Waals surface area contributed by atoms with E-state index in [9.17, 15) is 28.1 Å². The number of hydrogen-bond donors (Lipinski definition) is 0. The van der Waals surface area contributed by atoms with Gasteiger partial charge in [0.15, 0.2) is 0 Å². The number of rotatable bonds is 5. The molecule has 0 unspecified atom stereocenters. The normalized spacial score (nSPS) is 14.4. The maximum Gasteiger partial charge on any atom is 0.417 e. The zero-order valence-electron chi connectivity index (χ0n) is 18.4. The number of halogens is 3. The summed E-state index contributed by atoms with van der Waals surface area (Å²) in [5.74, 6) is 0.626. The van der Waals surface area contributed by atoms with E-state index in [0.29, 0.717) is 37.6 Å². The lowest BCUT2D eigenvalue weighted by Gasteiger charge is -2.23. The smallest absolute Gasteiger partial charge is 0.417 e. The Morgan fingerprint density at radius 2 is 1.77 bits per heavy atom. The first-order valence-electron chi connectivity index (χ1n) is 10.8. The van der Waals surface area contributed by atoms with Gasteiger partial charge in [-0.1, -0.05) is 18.2 Å². The summed E-state index contributed by atoms with van der Waals surface area (Å²) in [5.41, 5.74) is -1.01. The second-order valence-electron chi connectivity index (χ2n) is 7.89. The minimum absolute atomic E-state index is 0.0594. The first-order chi connectivity index (χ1) is 16.7. The van der Waals surface area contributed by atoms with Crippen molar-refractivity contribution >= 4 is 17.4 Å². The number of nitro groups is 1. The zero-order chi connectivity index (χ0) is 25.0. The van der Waals surface area contributed by atoms with Gasteiger partial charge in [0, 0.05) is 44.5 Å². The van der Waals surface area contributed by atoms with Gasteiger partial charge in [-0.2, -0.15) is 13.2 Å². The summed E-state index contributed by atoms with van der Waals surface area (Å²) in [4.78, 5) is 31.4. The predicted octanol–water partition coefficient (Wildman–Crippen LogP) is 5.15. The van der Waals surface area contributed by atoms with Crippen LogP contribution >= 0.6 is 0 Å². The minimum Gasteiger partial charge on any atom is -0.457 e. The van der Waals surface area contributed by atoms with E-state index in [1.165, 1.54) is 24.3 Å². The molecule has 1 aliphatic heterocycles. The molecule has 0 atom stereocenters. The first kappa shape index (κ1) is 24.0. The average molecular weight is 486 g/mol. The lowest BCUT2D eigenvalue weighted by atomic mass is 10.1. The molecule has 0 saturated carbocycles. The fraction of sp³-hybridized carbons (Fsp3) is 0.250. The van der Waals surface area contributed by atoms with E-state index in [4.69, 9.17) is 4.74 Å². The fourth-order valence-corrected chi connectivity index (χ4v) is 3.76. The standard InChI is InChI=1S/C24H21F3N4O4/c25-24(26,27)17-7-10-22(28-16-17)29-11-4-12-30(14-13-29)23(32)20-15-18(31(33)34)8-9-21(20)35-19-5-2-1-3-6-19/h1-3,5-10,15-16H,4,11-14H2. The van der Waals surface area contributed by atoms with Crippen LogP contribution in [0.5, 0.6) is 11.5 Å². The number of carbonyl (C=O) groups is 1. The van der Waals surface area contributed by atoms with E-state index in [2.05, 4.69) is 4.98 Å². The summed E-state index contributed by atoms with van der Waals surface area (Å²) in [6.45, 7) is 1.46. The number of para-hydroxylation sites is 1. The molecule has 1 amide bonds. The lowest BCUT2D eigenvalue weighted by molar-refractivity contribution is -0.384. The van der Waals surface area contributed by atoms with E-state index in [1.807, 2.05) is 11.0 Å². The summed E-state index contributed by atoms with van der Waals surface area (Å²) >= 11 is 0. The number of hydrogen-bond acceptors (Lipinski definition) is 6. The van der Waals surface area contributed by atoms with Crippen molar-refractivity contribution in [2.45, 2.75) is 12.6 Å². The van der Waals surface area contributed by atoms with E-state index >= 15 is 0 Å². The summed E-state index contributed by atoms with van der Waals surface area (Å²) < 4.78 is 44.3. The average Bonchev–Trinajstić information content (AvgIpc) is 3.10. The number of anilines is 1. The third-order valence-corrected chi connectivity index (χ3v) is 5.56. The summed E-state index contributed by atoms with van der Waals surface area (Å²) in [6, 6.07) is 14.9. The highest BCUT2D eigenvalue weighted by Gasteiger charge is 2.31. The summed E-state index contributed by atoms with van der Waals surface area (Å²) in [6.07, 6.45) is -3.14. The van der Waals surface area contributed by atoms with Crippen molar-refractivity contribution in [1.29, 1.82) is 0 Å². The van der Waals surface area contributed by atoms with Crippen LogP contribution in [0.2, 0.25) is 0 Å². The van der Waals surface area contributed by atoms with Crippen molar-refractivity contribution in [3.63, 3.8) is 0 Å². The third-order valence-electron chi connectivity index (χ3n) is 5.56. The fourth-order valence-electron chi connectivity index (χ4n) is 3.76. The van der Waals surface area contributed by atoms with Crippen LogP contribution in [0.4, 0.5) is 24.7 Å². The molecule has 0 N–H and O–H groups in total. The van der Waals surface area contributed by atoms with E-state index in [0.717, 1.165) is 12.3 Å². The van der Waals surface area contributed by atoms with Crippen LogP contribution in [0.15, 0.2) is 66.9 Å². The number of nitrogens with zero attached hydrogens (tertiary/aromatic N) is 4. The predicted molar refractivity (Wildman–Crippen MR) is 122 cm³/mol. The molecule has 1 saturated heterocycles. The number of nitro benzene ring substituents is 1. The molecule has 182 valence electrons. The molecular formula is C24H21F3N4O4. The zero-order valence-corrected chi connectivity index (χ0v) is 18.4. The molecule has 0 spiro atoms. The largest absolute Gasteiger partial charge is 0.457 e. The highest BCUT2D eigenvalue weighted by molar-refractivity contribution is 5.97. The number of aromatic nitrogens is 1. The number of pyridine rings is 1. The molecular weight excluding hydrogens is 465 g/mol. The van der Waals surface area contributed by atoms with Gasteiger partial charge < -0.3 is 14.5 Å². The highest BCUT2D eigenvalue weighted by atomic mass is 19.4. The Balaban J connectivity index is 1.53. The van der Waals surface area contributed by atoms with E-state index in [1.54, 1.807) is 29.2 Å². The van der Waals surface area contributed by atoms with Crippen LogP contribution < -0.4 is 9.64 Å². The molecule has 35 heavy (non-hydrogen) atoms. The number of amides is 1. The Kier molecular flexibility index (Phi) is 6.85. The van der Waals surface area contributed by atoms with Gasteiger partial charge in [0.25, 0.3) is 11.6 Å². The number of ether oxygens (including phenoxy) is 1. The van der Waals surface area contributed by atoms with Crippen LogP contribution in [-0.4, -0.2) is 46.9 Å². The molecule has 0 radical (unpaired) electrons. The Morgan fingerprint density at radius 1 is 1.00 bits per heavy atom. The van der Waals surface area contributed by atoms with Crippen molar-refractivity contribution in [1.82, 2.24) is 9.88 Å². The van der Waals surface area contributed by atoms with E-state index in [-0.39, 0.29) is 23.5 Å². The molecule has 0 aliphatic carbocycles. The molecule has 2 aromatic carbocycles. The molecule has 1 fully saturated rings. The van der Waals surface area contributed by atoms with Gasteiger partial charge in [-0.05, 0) is 36.8 Å². The monoisotopic (exact) mass is 486 g/mol. The molecule has 1 aliphatic rings. The number of benzene rings is 2. The van der Waals surface area contributed by atoms with Crippen molar-refractivity contribution in [3.05, 3.63) is 88.1 Å². The van der Waals surface area contributed by atoms with Crippen LogP contribution in [0, 0.1) is 10.1 Å². The third kappa shape index (κ3) is 5.68. The van der Waals surface area contributed by atoms with Crippen molar-refractivity contribution in [2.75, 3.05) is 31.1 Å². The minimum atomic E-state index is -4.47. The van der Waals surface area contributed by atoms with Gasteiger partial charge in [-0.25, -0.2) is 4.98 Å². The maximum absolute atomic E-state index is 13.4. The number of non-ortho nitro benzene ring substituents is 1. The van der Waals surface area contributed by atoms with Crippen molar-refractivity contribution in [2.24, 2.45) is 0 Å². The second-order valence-corrected chi connectivity index (χ2v) is 7.89. The van der Waals surface area contributed by atoms with Crippen molar-refractivity contribution < 1.29 is 27.6 Å². The van der Waals surface area contributed by atoms with Gasteiger partial charge in [0.1, 0.15) is 17.3 Å². The van der Waals surface area contributed by atoms with Crippen LogP contribution in [-0.2, 0) is 6.18 Å². The topological polar surface area (TPSA) is 88.8 Å². The Labute approximate surface area is 198 Å². The quantitative estimate of drug-likeness (QED) is 0.366.